The van der Waals surface area contributed by atoms with Crippen LogP contribution in [0.3, 0.4) is 0 Å². The molecule has 0 saturated carbocycles. The van der Waals surface area contributed by atoms with Gasteiger partial charge in [0.1, 0.15) is 5.75 Å². The van der Waals surface area contributed by atoms with Crippen LogP contribution in [-0.2, 0) is 10.2 Å². The molecule has 0 radical (unpaired) electrons. The van der Waals surface area contributed by atoms with Gasteiger partial charge in [-0.2, -0.15) is 0 Å². The molecule has 1 atom stereocenters. The van der Waals surface area contributed by atoms with Crippen LogP contribution in [0.5, 0.6) is 5.75 Å². The number of rotatable bonds is 5. The second-order valence-electron chi connectivity index (χ2n) is 5.83. The monoisotopic (exact) mass is 263 g/mol. The summed E-state index contributed by atoms with van der Waals surface area (Å²) in [5, 5.41) is 2.83. The van der Waals surface area contributed by atoms with Crippen molar-refractivity contribution in [2.75, 3.05) is 6.54 Å². The molecule has 0 aliphatic rings. The zero-order valence-corrected chi connectivity index (χ0v) is 12.6. The van der Waals surface area contributed by atoms with E-state index in [1.165, 1.54) is 5.56 Å². The Morgan fingerprint density at radius 3 is 2.63 bits per heavy atom. The van der Waals surface area contributed by atoms with Gasteiger partial charge in [-0.25, -0.2) is 0 Å². The number of hydrogen-bond acceptors (Lipinski definition) is 2. The Morgan fingerprint density at radius 1 is 1.37 bits per heavy atom. The Kier molecular flexibility index (Phi) is 5.40. The summed E-state index contributed by atoms with van der Waals surface area (Å²) >= 11 is 0. The maximum Gasteiger partial charge on any atom is 0.260 e. The highest BCUT2D eigenvalue weighted by Crippen LogP contribution is 2.26. The Balaban J connectivity index is 2.69. The lowest BCUT2D eigenvalue weighted by atomic mass is 9.87. The van der Waals surface area contributed by atoms with Crippen molar-refractivity contribution in [1.82, 2.24) is 5.32 Å². The van der Waals surface area contributed by atoms with Crippen LogP contribution in [0.1, 0.15) is 46.6 Å². The molecular weight excluding hydrogens is 238 g/mol. The van der Waals surface area contributed by atoms with Gasteiger partial charge in [0.15, 0.2) is 6.10 Å². The summed E-state index contributed by atoms with van der Waals surface area (Å²) in [6, 6.07) is 7.93. The molecule has 19 heavy (non-hydrogen) atoms. The molecule has 0 aliphatic carbocycles. The maximum absolute atomic E-state index is 11.8. The van der Waals surface area contributed by atoms with E-state index in [9.17, 15) is 4.79 Å². The average Bonchev–Trinajstić information content (AvgIpc) is 2.35. The Hall–Kier alpha value is -1.51. The highest BCUT2D eigenvalue weighted by Gasteiger charge is 2.17. The van der Waals surface area contributed by atoms with Gasteiger partial charge in [0, 0.05) is 6.54 Å². The largest absolute Gasteiger partial charge is 0.481 e. The molecule has 0 saturated heterocycles. The lowest BCUT2D eigenvalue weighted by Crippen LogP contribution is -2.36. The number of carbonyl (C=O) groups excluding carboxylic acids is 1. The summed E-state index contributed by atoms with van der Waals surface area (Å²) in [4.78, 5) is 11.8. The van der Waals surface area contributed by atoms with Gasteiger partial charge in [0.2, 0.25) is 0 Å². The molecule has 0 heterocycles. The van der Waals surface area contributed by atoms with Crippen LogP contribution in [-0.4, -0.2) is 18.6 Å². The van der Waals surface area contributed by atoms with Crippen molar-refractivity contribution >= 4 is 5.91 Å². The SMILES string of the molecule is CCCNC(=O)[C@H](C)Oc1cccc(C(C)(C)C)c1. The molecule has 3 nitrogen and oxygen atoms in total. The summed E-state index contributed by atoms with van der Waals surface area (Å²) < 4.78 is 5.70. The van der Waals surface area contributed by atoms with Crippen LogP contribution >= 0.6 is 0 Å². The van der Waals surface area contributed by atoms with E-state index in [0.717, 1.165) is 12.2 Å². The van der Waals surface area contributed by atoms with Gasteiger partial charge in [0.25, 0.3) is 5.91 Å². The fourth-order valence-electron chi connectivity index (χ4n) is 1.69. The predicted octanol–water partition coefficient (Wildman–Crippen LogP) is 3.28. The molecule has 0 unspecified atom stereocenters. The molecule has 1 aromatic rings. The standard InChI is InChI=1S/C16H25NO2/c1-6-10-17-15(18)12(2)19-14-9-7-8-13(11-14)16(3,4)5/h7-9,11-12H,6,10H2,1-5H3,(H,17,18)/t12-/m0/s1. The smallest absolute Gasteiger partial charge is 0.260 e. The minimum absolute atomic E-state index is 0.0667. The zero-order valence-electron chi connectivity index (χ0n) is 12.6. The molecule has 106 valence electrons. The molecular formula is C16H25NO2. The van der Waals surface area contributed by atoms with Crippen molar-refractivity contribution in [1.29, 1.82) is 0 Å². The highest BCUT2D eigenvalue weighted by atomic mass is 16.5. The van der Waals surface area contributed by atoms with E-state index < -0.39 is 6.10 Å². The van der Waals surface area contributed by atoms with E-state index in [1.807, 2.05) is 25.1 Å². The Morgan fingerprint density at radius 2 is 2.05 bits per heavy atom. The zero-order chi connectivity index (χ0) is 14.5. The first kappa shape index (κ1) is 15.5. The number of carbonyl (C=O) groups is 1. The van der Waals surface area contributed by atoms with Crippen molar-refractivity contribution in [3.05, 3.63) is 29.8 Å². The molecule has 0 fully saturated rings. The second kappa shape index (κ2) is 6.60. The van der Waals surface area contributed by atoms with Crippen molar-refractivity contribution < 1.29 is 9.53 Å². The fourth-order valence-corrected chi connectivity index (χ4v) is 1.69. The fraction of sp³-hybridized carbons (Fsp3) is 0.562. The van der Waals surface area contributed by atoms with E-state index in [4.69, 9.17) is 4.74 Å². The average molecular weight is 263 g/mol. The molecule has 0 spiro atoms. The molecule has 1 amide bonds. The van der Waals surface area contributed by atoms with Gasteiger partial charge in [0.05, 0.1) is 0 Å². The van der Waals surface area contributed by atoms with Gasteiger partial charge in [-0.15, -0.1) is 0 Å². The van der Waals surface area contributed by atoms with E-state index in [2.05, 4.69) is 32.2 Å². The highest BCUT2D eigenvalue weighted by molar-refractivity contribution is 5.80. The number of ether oxygens (including phenoxy) is 1. The first-order valence-electron chi connectivity index (χ1n) is 6.89. The van der Waals surface area contributed by atoms with Gasteiger partial charge in [-0.1, -0.05) is 39.8 Å². The van der Waals surface area contributed by atoms with Gasteiger partial charge in [-0.3, -0.25) is 4.79 Å². The minimum atomic E-state index is -0.471. The van der Waals surface area contributed by atoms with Crippen molar-refractivity contribution in [2.24, 2.45) is 0 Å². The van der Waals surface area contributed by atoms with E-state index in [1.54, 1.807) is 6.92 Å². The minimum Gasteiger partial charge on any atom is -0.481 e. The van der Waals surface area contributed by atoms with E-state index >= 15 is 0 Å². The number of nitrogens with one attached hydrogen (secondary N) is 1. The topological polar surface area (TPSA) is 38.3 Å². The lowest BCUT2D eigenvalue weighted by Gasteiger charge is -2.21. The summed E-state index contributed by atoms with van der Waals surface area (Å²) in [7, 11) is 0. The quantitative estimate of drug-likeness (QED) is 0.885. The molecule has 1 aromatic carbocycles. The summed E-state index contributed by atoms with van der Waals surface area (Å²) in [5.41, 5.74) is 1.28. The lowest BCUT2D eigenvalue weighted by molar-refractivity contribution is -0.127. The van der Waals surface area contributed by atoms with Gasteiger partial charge in [-0.05, 0) is 36.5 Å². The number of hydrogen-bond donors (Lipinski definition) is 1. The van der Waals surface area contributed by atoms with Crippen molar-refractivity contribution in [2.45, 2.75) is 52.6 Å². The van der Waals surface area contributed by atoms with Crippen LogP contribution in [0.4, 0.5) is 0 Å². The molecule has 1 rings (SSSR count). The van der Waals surface area contributed by atoms with Crippen LogP contribution in [0.15, 0.2) is 24.3 Å². The number of benzene rings is 1. The van der Waals surface area contributed by atoms with Crippen LogP contribution in [0.2, 0.25) is 0 Å². The second-order valence-corrected chi connectivity index (χ2v) is 5.83. The molecule has 0 aliphatic heterocycles. The van der Waals surface area contributed by atoms with Crippen LogP contribution < -0.4 is 10.1 Å². The van der Waals surface area contributed by atoms with Crippen molar-refractivity contribution in [3.8, 4) is 5.75 Å². The molecule has 0 aromatic heterocycles. The maximum atomic E-state index is 11.8. The first-order chi connectivity index (χ1) is 8.84. The van der Waals surface area contributed by atoms with Crippen molar-refractivity contribution in [3.63, 3.8) is 0 Å². The number of amides is 1. The summed E-state index contributed by atoms with van der Waals surface area (Å²) in [6.45, 7) is 11.0. The Labute approximate surface area is 116 Å². The first-order valence-corrected chi connectivity index (χ1v) is 6.89. The van der Waals surface area contributed by atoms with E-state index in [0.29, 0.717) is 6.54 Å². The van der Waals surface area contributed by atoms with Gasteiger partial charge < -0.3 is 10.1 Å². The Bertz CT molecular complexity index is 421. The van der Waals surface area contributed by atoms with Crippen LogP contribution in [0, 0.1) is 0 Å². The van der Waals surface area contributed by atoms with Gasteiger partial charge >= 0.3 is 0 Å². The molecule has 0 bridgehead atoms. The summed E-state index contributed by atoms with van der Waals surface area (Å²) in [5.74, 6) is 0.676. The summed E-state index contributed by atoms with van der Waals surface area (Å²) in [6.07, 6.45) is 0.458. The van der Waals surface area contributed by atoms with Crippen LogP contribution in [0.25, 0.3) is 0 Å². The van der Waals surface area contributed by atoms with E-state index in [-0.39, 0.29) is 11.3 Å². The predicted molar refractivity (Wildman–Crippen MR) is 78.5 cm³/mol. The third kappa shape index (κ3) is 4.93. The third-order valence-electron chi connectivity index (χ3n) is 2.93. The molecule has 1 N–H and O–H groups in total. The third-order valence-corrected chi connectivity index (χ3v) is 2.93. The molecule has 3 heteroatoms. The normalized spacial score (nSPS) is 12.9.